The summed E-state index contributed by atoms with van der Waals surface area (Å²) in [6.45, 7) is 3.52. The molecule has 5 heteroatoms. The van der Waals surface area contributed by atoms with E-state index in [0.29, 0.717) is 11.3 Å². The van der Waals surface area contributed by atoms with E-state index in [0.717, 1.165) is 22.2 Å². The van der Waals surface area contributed by atoms with Gasteiger partial charge in [0.05, 0.1) is 22.5 Å². The van der Waals surface area contributed by atoms with Crippen molar-refractivity contribution in [3.05, 3.63) is 65.9 Å². The van der Waals surface area contributed by atoms with E-state index in [9.17, 15) is 10.1 Å². The molecule has 0 aliphatic heterocycles. The first-order valence-corrected chi connectivity index (χ1v) is 8.00. The van der Waals surface area contributed by atoms with Gasteiger partial charge in [0.1, 0.15) is 6.07 Å². The van der Waals surface area contributed by atoms with Gasteiger partial charge >= 0.3 is 5.97 Å². The van der Waals surface area contributed by atoms with Gasteiger partial charge < -0.3 is 9.40 Å². The molecule has 1 aromatic heterocycles. The number of carbonyl (C=O) groups is 1. The van der Waals surface area contributed by atoms with Crippen LogP contribution in [0.2, 0.25) is 0 Å². The summed E-state index contributed by atoms with van der Waals surface area (Å²) in [6, 6.07) is 17.5. The van der Waals surface area contributed by atoms with Crippen molar-refractivity contribution >= 4 is 22.6 Å². The number of carbonyl (C=O) groups excluding carboxylic acids is 1. The molecule has 0 spiro atoms. The van der Waals surface area contributed by atoms with Gasteiger partial charge in [-0.25, -0.2) is 4.79 Å². The molecular formula is C20H17N3O2. The van der Waals surface area contributed by atoms with Crippen molar-refractivity contribution in [2.24, 2.45) is 5.16 Å². The Morgan fingerprint density at radius 2 is 1.92 bits per heavy atom. The minimum atomic E-state index is -0.377. The number of para-hydroxylation sites is 2. The van der Waals surface area contributed by atoms with E-state index in [4.69, 9.17) is 4.84 Å². The van der Waals surface area contributed by atoms with Crippen LogP contribution in [0.4, 0.5) is 0 Å². The van der Waals surface area contributed by atoms with Gasteiger partial charge in [-0.3, -0.25) is 0 Å². The van der Waals surface area contributed by atoms with Crippen LogP contribution in [0.25, 0.3) is 16.6 Å². The SMILES string of the molecule is CCC(=O)O/N=C(\C)c1cn(-c2ccccc2C#N)c2ccccc12. The first-order chi connectivity index (χ1) is 12.2. The summed E-state index contributed by atoms with van der Waals surface area (Å²) in [5, 5.41) is 14.3. The molecule has 0 saturated carbocycles. The second kappa shape index (κ2) is 7.02. The Labute approximate surface area is 145 Å². The van der Waals surface area contributed by atoms with Crippen molar-refractivity contribution in [3.8, 4) is 11.8 Å². The Kier molecular flexibility index (Phi) is 4.62. The number of rotatable bonds is 4. The summed E-state index contributed by atoms with van der Waals surface area (Å²) in [5.74, 6) is -0.377. The third-order valence-electron chi connectivity index (χ3n) is 3.96. The first-order valence-electron chi connectivity index (χ1n) is 8.00. The lowest BCUT2D eigenvalue weighted by Crippen LogP contribution is -2.01. The van der Waals surface area contributed by atoms with E-state index in [1.807, 2.05) is 53.2 Å². The zero-order valence-electron chi connectivity index (χ0n) is 14.1. The maximum Gasteiger partial charge on any atom is 0.334 e. The number of benzene rings is 2. The zero-order chi connectivity index (χ0) is 17.8. The molecule has 0 saturated heterocycles. The van der Waals surface area contributed by atoms with Crippen molar-refractivity contribution < 1.29 is 9.63 Å². The lowest BCUT2D eigenvalue weighted by atomic mass is 10.1. The van der Waals surface area contributed by atoms with E-state index >= 15 is 0 Å². The number of nitrogens with zero attached hydrogens (tertiary/aromatic N) is 3. The van der Waals surface area contributed by atoms with E-state index in [2.05, 4.69) is 11.2 Å². The van der Waals surface area contributed by atoms with Crippen LogP contribution in [0.15, 0.2) is 59.9 Å². The summed E-state index contributed by atoms with van der Waals surface area (Å²) in [4.78, 5) is 16.3. The van der Waals surface area contributed by atoms with Crippen LogP contribution in [0, 0.1) is 11.3 Å². The molecule has 3 rings (SSSR count). The molecule has 3 aromatic rings. The average Bonchev–Trinajstić information content (AvgIpc) is 3.05. The lowest BCUT2D eigenvalue weighted by Gasteiger charge is -2.06. The van der Waals surface area contributed by atoms with Gasteiger partial charge in [0, 0.05) is 23.6 Å². The number of oxime groups is 1. The fourth-order valence-electron chi connectivity index (χ4n) is 2.68. The molecule has 0 N–H and O–H groups in total. The zero-order valence-corrected chi connectivity index (χ0v) is 14.1. The number of fused-ring (bicyclic) bond motifs is 1. The molecule has 1 heterocycles. The van der Waals surface area contributed by atoms with Crippen molar-refractivity contribution in [2.75, 3.05) is 0 Å². The highest BCUT2D eigenvalue weighted by Crippen LogP contribution is 2.27. The first kappa shape index (κ1) is 16.5. The van der Waals surface area contributed by atoms with Gasteiger partial charge in [-0.15, -0.1) is 0 Å². The normalized spacial score (nSPS) is 11.3. The summed E-state index contributed by atoms with van der Waals surface area (Å²) in [6.07, 6.45) is 2.19. The molecule has 5 nitrogen and oxygen atoms in total. The highest BCUT2D eigenvalue weighted by molar-refractivity contribution is 6.10. The van der Waals surface area contributed by atoms with E-state index in [1.165, 1.54) is 0 Å². The Balaban J connectivity index is 2.17. The summed E-state index contributed by atoms with van der Waals surface area (Å²) in [7, 11) is 0. The standard InChI is InChI=1S/C20H17N3O2/c1-3-20(24)25-22-14(2)17-13-23(19-11-7-5-9-16(17)19)18-10-6-4-8-15(18)12-21/h4-11,13H,3H2,1-2H3/b22-14+. The molecule has 0 aliphatic rings. The minimum absolute atomic E-state index is 0.272. The average molecular weight is 331 g/mol. The number of hydrogen-bond donors (Lipinski definition) is 0. The van der Waals surface area contributed by atoms with Gasteiger partial charge in [0.2, 0.25) is 0 Å². The van der Waals surface area contributed by atoms with Crippen molar-refractivity contribution in [3.63, 3.8) is 0 Å². The van der Waals surface area contributed by atoms with Gasteiger partial charge in [0.15, 0.2) is 0 Å². The monoisotopic (exact) mass is 331 g/mol. The maximum atomic E-state index is 11.4. The van der Waals surface area contributed by atoms with Crippen molar-refractivity contribution in [1.82, 2.24) is 4.57 Å². The van der Waals surface area contributed by atoms with Crippen LogP contribution in [0.3, 0.4) is 0 Å². The molecule has 0 amide bonds. The van der Waals surface area contributed by atoms with Gasteiger partial charge in [-0.05, 0) is 25.1 Å². The molecule has 0 radical (unpaired) electrons. The molecule has 0 atom stereocenters. The van der Waals surface area contributed by atoms with E-state index < -0.39 is 0 Å². The minimum Gasteiger partial charge on any atom is -0.318 e. The van der Waals surface area contributed by atoms with Gasteiger partial charge in [-0.2, -0.15) is 5.26 Å². The molecule has 25 heavy (non-hydrogen) atoms. The van der Waals surface area contributed by atoms with Crippen LogP contribution < -0.4 is 0 Å². The topological polar surface area (TPSA) is 67.4 Å². The van der Waals surface area contributed by atoms with Crippen LogP contribution in [-0.2, 0) is 9.63 Å². The van der Waals surface area contributed by atoms with E-state index in [-0.39, 0.29) is 12.4 Å². The number of nitriles is 1. The largest absolute Gasteiger partial charge is 0.334 e. The van der Waals surface area contributed by atoms with Crippen LogP contribution >= 0.6 is 0 Å². The second-order valence-corrected chi connectivity index (χ2v) is 5.55. The Morgan fingerprint density at radius 3 is 2.68 bits per heavy atom. The molecule has 2 aromatic carbocycles. The third kappa shape index (κ3) is 3.15. The predicted molar refractivity (Wildman–Crippen MR) is 96.6 cm³/mol. The van der Waals surface area contributed by atoms with Crippen molar-refractivity contribution in [1.29, 1.82) is 5.26 Å². The second-order valence-electron chi connectivity index (χ2n) is 5.55. The van der Waals surface area contributed by atoms with Crippen molar-refractivity contribution in [2.45, 2.75) is 20.3 Å². The molecule has 0 bridgehead atoms. The molecule has 0 fully saturated rings. The fraction of sp³-hybridized carbons (Fsp3) is 0.150. The highest BCUT2D eigenvalue weighted by atomic mass is 16.7. The Morgan fingerprint density at radius 1 is 1.20 bits per heavy atom. The highest BCUT2D eigenvalue weighted by Gasteiger charge is 2.14. The summed E-state index contributed by atoms with van der Waals surface area (Å²) in [5.41, 5.74) is 3.79. The lowest BCUT2D eigenvalue weighted by molar-refractivity contribution is -0.143. The molecule has 0 aliphatic carbocycles. The number of hydrogen-bond acceptors (Lipinski definition) is 4. The Hall–Kier alpha value is -3.39. The maximum absolute atomic E-state index is 11.4. The summed E-state index contributed by atoms with van der Waals surface area (Å²) >= 11 is 0. The fourth-order valence-corrected chi connectivity index (χ4v) is 2.68. The van der Waals surface area contributed by atoms with Crippen LogP contribution in [-0.4, -0.2) is 16.2 Å². The molecule has 124 valence electrons. The number of aromatic nitrogens is 1. The third-order valence-corrected chi connectivity index (χ3v) is 3.96. The van der Waals surface area contributed by atoms with Gasteiger partial charge in [-0.1, -0.05) is 42.4 Å². The van der Waals surface area contributed by atoms with Crippen LogP contribution in [0.5, 0.6) is 0 Å². The predicted octanol–water partition coefficient (Wildman–Crippen LogP) is 4.18. The Bertz CT molecular complexity index is 1010. The summed E-state index contributed by atoms with van der Waals surface area (Å²) < 4.78 is 1.96. The molecule has 0 unspecified atom stereocenters. The smallest absolute Gasteiger partial charge is 0.318 e. The quantitative estimate of drug-likeness (QED) is 0.409. The van der Waals surface area contributed by atoms with E-state index in [1.54, 1.807) is 19.9 Å². The van der Waals surface area contributed by atoms with Gasteiger partial charge in [0.25, 0.3) is 0 Å². The van der Waals surface area contributed by atoms with Crippen LogP contribution in [0.1, 0.15) is 31.4 Å². The molecular weight excluding hydrogens is 314 g/mol.